The second-order valence-corrected chi connectivity index (χ2v) is 5.84. The van der Waals surface area contributed by atoms with Crippen LogP contribution in [0.1, 0.15) is 12.8 Å². The monoisotopic (exact) mass is 320 g/mol. The molecule has 1 amide bonds. The molecule has 1 aromatic carbocycles. The van der Waals surface area contributed by atoms with Gasteiger partial charge in [0.2, 0.25) is 5.91 Å². The number of aromatic nitrogens is 1. The number of fused-ring (bicyclic) bond motifs is 1. The van der Waals surface area contributed by atoms with E-state index in [0.29, 0.717) is 22.5 Å². The van der Waals surface area contributed by atoms with Crippen molar-refractivity contribution in [1.82, 2.24) is 9.88 Å². The minimum absolute atomic E-state index is 0.0809. The molecule has 5 nitrogen and oxygen atoms in total. The molecule has 0 bridgehead atoms. The van der Waals surface area contributed by atoms with Crippen molar-refractivity contribution in [3.05, 3.63) is 45.7 Å². The van der Waals surface area contributed by atoms with Crippen molar-refractivity contribution in [1.29, 1.82) is 0 Å². The molecular weight excluding hydrogens is 304 g/mol. The van der Waals surface area contributed by atoms with Crippen LogP contribution in [0.3, 0.4) is 0 Å². The van der Waals surface area contributed by atoms with Crippen LogP contribution in [0.2, 0.25) is 5.02 Å². The van der Waals surface area contributed by atoms with E-state index in [-0.39, 0.29) is 24.0 Å². The summed E-state index contributed by atoms with van der Waals surface area (Å²) in [6.45, 7) is 1.44. The van der Waals surface area contributed by atoms with E-state index in [1.807, 2.05) is 0 Å². The first-order chi connectivity index (χ1) is 10.6. The summed E-state index contributed by atoms with van der Waals surface area (Å²) < 4.78 is 7.20. The Morgan fingerprint density at radius 2 is 2.27 bits per heavy atom. The lowest BCUT2D eigenvalue weighted by molar-refractivity contribution is -0.122. The molecule has 3 rings (SSSR count). The van der Waals surface area contributed by atoms with Crippen molar-refractivity contribution in [3.63, 3.8) is 0 Å². The highest BCUT2D eigenvalue weighted by Crippen LogP contribution is 2.16. The third-order valence-corrected chi connectivity index (χ3v) is 4.04. The highest BCUT2D eigenvalue weighted by Gasteiger charge is 2.16. The molecule has 2 heterocycles. The van der Waals surface area contributed by atoms with E-state index in [2.05, 4.69) is 5.32 Å². The van der Waals surface area contributed by atoms with E-state index in [0.717, 1.165) is 19.4 Å². The van der Waals surface area contributed by atoms with Gasteiger partial charge >= 0.3 is 0 Å². The number of carbonyl (C=O) groups is 1. The lowest BCUT2D eigenvalue weighted by Crippen LogP contribution is -2.34. The molecule has 1 N–H and O–H groups in total. The first-order valence-corrected chi connectivity index (χ1v) is 7.68. The van der Waals surface area contributed by atoms with Crippen molar-refractivity contribution in [3.8, 4) is 0 Å². The van der Waals surface area contributed by atoms with E-state index in [1.54, 1.807) is 29.0 Å². The van der Waals surface area contributed by atoms with Crippen LogP contribution in [0, 0.1) is 0 Å². The third-order valence-electron chi connectivity index (χ3n) is 3.81. The fourth-order valence-electron chi connectivity index (χ4n) is 2.66. The Kier molecular flexibility index (Phi) is 4.45. The molecule has 22 heavy (non-hydrogen) atoms. The summed E-state index contributed by atoms with van der Waals surface area (Å²) in [4.78, 5) is 23.9. The van der Waals surface area contributed by atoms with E-state index in [1.165, 1.54) is 6.07 Å². The molecule has 0 saturated carbocycles. The van der Waals surface area contributed by atoms with Crippen LogP contribution >= 0.6 is 11.6 Å². The Morgan fingerprint density at radius 1 is 1.41 bits per heavy atom. The van der Waals surface area contributed by atoms with Crippen molar-refractivity contribution in [2.24, 2.45) is 0 Å². The molecule has 1 aromatic heterocycles. The van der Waals surface area contributed by atoms with Crippen LogP contribution in [-0.2, 0) is 16.1 Å². The molecule has 1 saturated heterocycles. The largest absolute Gasteiger partial charge is 0.376 e. The maximum Gasteiger partial charge on any atom is 0.240 e. The standard InChI is InChI=1S/C16H17ClN2O3/c17-11-3-4-13-14(8-11)19(6-5-15(13)20)10-16(21)18-9-12-2-1-7-22-12/h3-6,8,12H,1-2,7,9-10H2,(H,18,21). The fraction of sp³-hybridized carbons (Fsp3) is 0.375. The summed E-state index contributed by atoms with van der Waals surface area (Å²) in [5.74, 6) is -0.111. The number of amides is 1. The zero-order chi connectivity index (χ0) is 15.5. The Hall–Kier alpha value is -1.85. The molecule has 1 fully saturated rings. The quantitative estimate of drug-likeness (QED) is 0.936. The van der Waals surface area contributed by atoms with Gasteiger partial charge in [-0.2, -0.15) is 0 Å². The molecule has 1 aliphatic heterocycles. The van der Waals surface area contributed by atoms with Gasteiger partial charge in [-0.05, 0) is 31.0 Å². The van der Waals surface area contributed by atoms with Gasteiger partial charge in [0.25, 0.3) is 0 Å². The van der Waals surface area contributed by atoms with Crippen LogP contribution in [-0.4, -0.2) is 29.7 Å². The van der Waals surface area contributed by atoms with Gasteiger partial charge < -0.3 is 14.6 Å². The average Bonchev–Trinajstić information content (AvgIpc) is 3.01. The molecule has 2 aromatic rings. The maximum absolute atomic E-state index is 12.1. The number of pyridine rings is 1. The SMILES string of the molecule is O=C(Cn1ccc(=O)c2ccc(Cl)cc21)NCC1CCCO1. The van der Waals surface area contributed by atoms with E-state index in [4.69, 9.17) is 16.3 Å². The van der Waals surface area contributed by atoms with E-state index in [9.17, 15) is 9.59 Å². The Balaban J connectivity index is 1.75. The van der Waals surface area contributed by atoms with Gasteiger partial charge in [0.15, 0.2) is 5.43 Å². The minimum Gasteiger partial charge on any atom is -0.376 e. The Bertz CT molecular complexity index is 751. The number of halogens is 1. The molecule has 0 aliphatic carbocycles. The van der Waals surface area contributed by atoms with E-state index < -0.39 is 0 Å². The van der Waals surface area contributed by atoms with Crippen molar-refractivity contribution in [2.75, 3.05) is 13.2 Å². The second kappa shape index (κ2) is 6.50. The van der Waals surface area contributed by atoms with Crippen molar-refractivity contribution in [2.45, 2.75) is 25.5 Å². The summed E-state index contributed by atoms with van der Waals surface area (Å²) >= 11 is 5.99. The van der Waals surface area contributed by atoms with Gasteiger partial charge in [-0.15, -0.1) is 0 Å². The zero-order valence-corrected chi connectivity index (χ0v) is 12.8. The van der Waals surface area contributed by atoms with Gasteiger partial charge in [-0.1, -0.05) is 11.6 Å². The highest BCUT2D eigenvalue weighted by molar-refractivity contribution is 6.31. The molecule has 1 atom stereocenters. The van der Waals surface area contributed by atoms with Crippen LogP contribution in [0.25, 0.3) is 10.9 Å². The van der Waals surface area contributed by atoms with Gasteiger partial charge in [0, 0.05) is 35.8 Å². The molecule has 116 valence electrons. The van der Waals surface area contributed by atoms with Gasteiger partial charge in [-0.25, -0.2) is 0 Å². The number of rotatable bonds is 4. The number of hydrogen-bond donors (Lipinski definition) is 1. The van der Waals surface area contributed by atoms with Crippen LogP contribution in [0.5, 0.6) is 0 Å². The molecule has 0 spiro atoms. The summed E-state index contributed by atoms with van der Waals surface area (Å²) in [5.41, 5.74) is 0.579. The first-order valence-electron chi connectivity index (χ1n) is 7.30. The molecule has 1 unspecified atom stereocenters. The highest BCUT2D eigenvalue weighted by atomic mass is 35.5. The lowest BCUT2D eigenvalue weighted by Gasteiger charge is -2.13. The number of nitrogens with zero attached hydrogens (tertiary/aromatic N) is 1. The summed E-state index contributed by atoms with van der Waals surface area (Å²) in [6.07, 6.45) is 3.76. The normalized spacial score (nSPS) is 17.8. The minimum atomic E-state index is -0.111. The van der Waals surface area contributed by atoms with Gasteiger partial charge in [0.05, 0.1) is 11.6 Å². The summed E-state index contributed by atoms with van der Waals surface area (Å²) in [6, 6.07) is 6.52. The van der Waals surface area contributed by atoms with Crippen LogP contribution in [0.4, 0.5) is 0 Å². The fourth-order valence-corrected chi connectivity index (χ4v) is 2.83. The zero-order valence-electron chi connectivity index (χ0n) is 12.0. The van der Waals surface area contributed by atoms with Crippen molar-refractivity contribution < 1.29 is 9.53 Å². The topological polar surface area (TPSA) is 60.3 Å². The van der Waals surface area contributed by atoms with Crippen LogP contribution < -0.4 is 10.7 Å². The molecule has 0 radical (unpaired) electrons. The number of hydrogen-bond acceptors (Lipinski definition) is 3. The van der Waals surface area contributed by atoms with Gasteiger partial charge in [-0.3, -0.25) is 9.59 Å². The smallest absolute Gasteiger partial charge is 0.240 e. The number of carbonyl (C=O) groups excluding carboxylic acids is 1. The first kappa shape index (κ1) is 15.1. The van der Waals surface area contributed by atoms with Crippen molar-refractivity contribution >= 4 is 28.4 Å². The number of benzene rings is 1. The van der Waals surface area contributed by atoms with Gasteiger partial charge in [0.1, 0.15) is 6.54 Å². The Morgan fingerprint density at radius 3 is 3.05 bits per heavy atom. The number of nitrogens with one attached hydrogen (secondary N) is 1. The average molecular weight is 321 g/mol. The lowest BCUT2D eigenvalue weighted by atomic mass is 10.2. The van der Waals surface area contributed by atoms with E-state index >= 15 is 0 Å². The summed E-state index contributed by atoms with van der Waals surface area (Å²) in [5, 5.41) is 3.96. The van der Waals surface area contributed by atoms with Crippen LogP contribution in [0.15, 0.2) is 35.3 Å². The maximum atomic E-state index is 12.1. The third kappa shape index (κ3) is 3.31. The Labute approximate surface area is 132 Å². The molecule has 6 heteroatoms. The second-order valence-electron chi connectivity index (χ2n) is 5.41. The predicted molar refractivity (Wildman–Crippen MR) is 85.2 cm³/mol. The molecule has 1 aliphatic rings. The number of ether oxygens (including phenoxy) is 1. The molecular formula is C16H17ClN2O3. The summed E-state index contributed by atoms with van der Waals surface area (Å²) in [7, 11) is 0. The predicted octanol–water partition coefficient (Wildman–Crippen LogP) is 1.95.